The number of carboxylic acid groups (broad SMARTS) is 1. The first-order valence-electron chi connectivity index (χ1n) is 9.06. The van der Waals surface area contributed by atoms with Crippen molar-refractivity contribution in [2.45, 2.75) is 18.9 Å². The fourth-order valence-electron chi connectivity index (χ4n) is 2.79. The van der Waals surface area contributed by atoms with Gasteiger partial charge in [-0.2, -0.15) is 5.10 Å². The third-order valence-corrected chi connectivity index (χ3v) is 4.25. The third kappa shape index (κ3) is 5.22. The maximum absolute atomic E-state index is 12.6. The lowest BCUT2D eigenvalue weighted by atomic mass is 10.1. The van der Waals surface area contributed by atoms with Crippen molar-refractivity contribution in [2.24, 2.45) is 0 Å². The number of H-pyrrole nitrogens is 1. The predicted molar refractivity (Wildman–Crippen MR) is 105 cm³/mol. The van der Waals surface area contributed by atoms with Crippen LogP contribution in [-0.2, 0) is 0 Å². The van der Waals surface area contributed by atoms with Crippen LogP contribution in [0.5, 0.6) is 11.5 Å². The number of rotatable bonds is 8. The highest BCUT2D eigenvalue weighted by Crippen LogP contribution is 2.24. The van der Waals surface area contributed by atoms with Gasteiger partial charge in [0.25, 0.3) is 5.91 Å². The molecule has 0 aliphatic carbocycles. The van der Waals surface area contributed by atoms with Gasteiger partial charge in [0.1, 0.15) is 17.3 Å². The molecule has 0 aliphatic heterocycles. The van der Waals surface area contributed by atoms with E-state index in [4.69, 9.17) is 5.11 Å². The number of phenolic OH excluding ortho intramolecular Hbond substituents is 2. The van der Waals surface area contributed by atoms with Crippen molar-refractivity contribution in [2.75, 3.05) is 6.54 Å². The molecule has 3 rings (SSSR count). The number of benzene rings is 1. The van der Waals surface area contributed by atoms with Gasteiger partial charge in [-0.3, -0.25) is 14.9 Å². The summed E-state index contributed by atoms with van der Waals surface area (Å²) in [7, 11) is 0. The lowest BCUT2D eigenvalue weighted by Crippen LogP contribution is -2.30. The van der Waals surface area contributed by atoms with Crippen LogP contribution >= 0.6 is 0 Å². The molecule has 1 unspecified atom stereocenters. The molecular formula is C19H20N6O5. The van der Waals surface area contributed by atoms with Crippen LogP contribution in [0.2, 0.25) is 0 Å². The maximum Gasteiger partial charge on any atom is 0.404 e. The van der Waals surface area contributed by atoms with Crippen LogP contribution in [-0.4, -0.2) is 54.0 Å². The molecule has 3 aromatic rings. The highest BCUT2D eigenvalue weighted by atomic mass is 16.4. The molecule has 0 saturated heterocycles. The fraction of sp³-hybridized carbons (Fsp3) is 0.211. The monoisotopic (exact) mass is 412 g/mol. The van der Waals surface area contributed by atoms with Crippen molar-refractivity contribution in [1.82, 2.24) is 30.8 Å². The second-order valence-corrected chi connectivity index (χ2v) is 6.38. The molecule has 2 amide bonds. The summed E-state index contributed by atoms with van der Waals surface area (Å²) in [5.41, 5.74) is 0.719. The van der Waals surface area contributed by atoms with E-state index in [1.165, 1.54) is 12.1 Å². The van der Waals surface area contributed by atoms with E-state index in [1.54, 1.807) is 24.5 Å². The van der Waals surface area contributed by atoms with Gasteiger partial charge in [0.15, 0.2) is 5.82 Å². The average molecular weight is 412 g/mol. The molecule has 0 aliphatic rings. The molecular weight excluding hydrogens is 392 g/mol. The van der Waals surface area contributed by atoms with Crippen LogP contribution in [0.4, 0.5) is 4.79 Å². The van der Waals surface area contributed by atoms with Crippen LogP contribution < -0.4 is 10.6 Å². The van der Waals surface area contributed by atoms with Crippen LogP contribution in [0.25, 0.3) is 11.4 Å². The Balaban J connectivity index is 1.78. The number of hydrogen-bond acceptors (Lipinski definition) is 7. The molecule has 11 heteroatoms. The molecule has 0 saturated carbocycles. The van der Waals surface area contributed by atoms with E-state index in [0.29, 0.717) is 24.5 Å². The van der Waals surface area contributed by atoms with Crippen LogP contribution in [0.3, 0.4) is 0 Å². The maximum atomic E-state index is 12.6. The van der Waals surface area contributed by atoms with Crippen molar-refractivity contribution in [1.29, 1.82) is 0 Å². The highest BCUT2D eigenvalue weighted by Gasteiger charge is 2.21. The van der Waals surface area contributed by atoms with Gasteiger partial charge in [-0.05, 0) is 37.1 Å². The van der Waals surface area contributed by atoms with Gasteiger partial charge in [0.2, 0.25) is 0 Å². The zero-order valence-corrected chi connectivity index (χ0v) is 15.7. The van der Waals surface area contributed by atoms with E-state index in [0.717, 1.165) is 11.6 Å². The second kappa shape index (κ2) is 9.37. The molecule has 2 aromatic heterocycles. The zero-order chi connectivity index (χ0) is 21.5. The Labute approximate surface area is 170 Å². The molecule has 11 nitrogen and oxygen atoms in total. The number of nitrogens with zero attached hydrogens (tertiary/aromatic N) is 3. The van der Waals surface area contributed by atoms with E-state index in [-0.39, 0.29) is 23.6 Å². The van der Waals surface area contributed by atoms with Crippen molar-refractivity contribution in [3.8, 4) is 22.9 Å². The van der Waals surface area contributed by atoms with E-state index in [9.17, 15) is 19.8 Å². The van der Waals surface area contributed by atoms with Gasteiger partial charge in [-0.15, -0.1) is 0 Å². The molecule has 0 spiro atoms. The van der Waals surface area contributed by atoms with Gasteiger partial charge in [0.05, 0.1) is 11.6 Å². The van der Waals surface area contributed by atoms with Crippen LogP contribution in [0, 0.1) is 0 Å². The van der Waals surface area contributed by atoms with Crippen molar-refractivity contribution in [3.63, 3.8) is 0 Å². The van der Waals surface area contributed by atoms with Gasteiger partial charge in [-0.1, -0.05) is 0 Å². The van der Waals surface area contributed by atoms with E-state index < -0.39 is 18.0 Å². The molecule has 2 heterocycles. The molecule has 0 radical (unpaired) electrons. The summed E-state index contributed by atoms with van der Waals surface area (Å²) in [5.74, 6) is -0.316. The lowest BCUT2D eigenvalue weighted by Gasteiger charge is -2.17. The lowest BCUT2D eigenvalue weighted by molar-refractivity contribution is 0.0929. The average Bonchev–Trinajstić information content (AvgIpc) is 3.21. The van der Waals surface area contributed by atoms with Gasteiger partial charge in [-0.25, -0.2) is 9.78 Å². The normalized spacial score (nSPS) is 11.6. The molecule has 0 fully saturated rings. The highest BCUT2D eigenvalue weighted by molar-refractivity contribution is 5.97. The van der Waals surface area contributed by atoms with E-state index in [1.807, 2.05) is 0 Å². The van der Waals surface area contributed by atoms with Crippen molar-refractivity contribution < 1.29 is 24.9 Å². The van der Waals surface area contributed by atoms with E-state index in [2.05, 4.69) is 30.8 Å². The largest absolute Gasteiger partial charge is 0.508 e. The summed E-state index contributed by atoms with van der Waals surface area (Å²) in [6, 6.07) is 6.51. The predicted octanol–water partition coefficient (Wildman–Crippen LogP) is 1.80. The summed E-state index contributed by atoms with van der Waals surface area (Å²) in [5, 5.41) is 40.0. The smallest absolute Gasteiger partial charge is 0.404 e. The van der Waals surface area contributed by atoms with Crippen molar-refractivity contribution >= 4 is 12.0 Å². The molecule has 6 N–H and O–H groups in total. The SMILES string of the molecule is O=C(O)NCCCC(NC(=O)c1ccc(O)cc1O)c1nc(-c2ccncc2)n[nH]1. The summed E-state index contributed by atoms with van der Waals surface area (Å²) in [6.45, 7) is 0.192. The number of aromatic hydroxyl groups is 2. The number of phenols is 2. The standard InChI is InChI=1S/C19H20N6O5/c26-12-3-4-13(15(27)10-12)18(28)22-14(2-1-7-21-19(29)30)17-23-16(24-25-17)11-5-8-20-9-6-11/h3-6,8-10,14,21,26-27H,1-2,7H2,(H,22,28)(H,29,30)(H,23,24,25). The van der Waals surface area contributed by atoms with Crippen LogP contribution in [0.1, 0.15) is 35.1 Å². The number of amides is 2. The zero-order valence-electron chi connectivity index (χ0n) is 15.7. The first-order valence-corrected chi connectivity index (χ1v) is 9.06. The summed E-state index contributed by atoms with van der Waals surface area (Å²) >= 11 is 0. The Hall–Kier alpha value is -4.15. The minimum absolute atomic E-state index is 0.0182. The topological polar surface area (TPSA) is 173 Å². The Morgan fingerprint density at radius 2 is 1.90 bits per heavy atom. The van der Waals surface area contributed by atoms with Crippen LogP contribution in [0.15, 0.2) is 42.7 Å². The molecule has 30 heavy (non-hydrogen) atoms. The molecule has 0 bridgehead atoms. The minimum Gasteiger partial charge on any atom is -0.508 e. The quantitative estimate of drug-likeness (QED) is 0.304. The van der Waals surface area contributed by atoms with E-state index >= 15 is 0 Å². The Bertz CT molecular complexity index is 1020. The number of nitrogens with one attached hydrogen (secondary N) is 3. The molecule has 1 aromatic carbocycles. The van der Waals surface area contributed by atoms with Gasteiger partial charge in [0, 0.05) is 30.6 Å². The Kier molecular flexibility index (Phi) is 6.42. The number of pyridine rings is 1. The summed E-state index contributed by atoms with van der Waals surface area (Å²) in [6.07, 6.45) is 2.86. The number of carbonyl (C=O) groups excluding carboxylic acids is 1. The minimum atomic E-state index is -1.13. The third-order valence-electron chi connectivity index (χ3n) is 4.25. The number of hydrogen-bond donors (Lipinski definition) is 6. The Morgan fingerprint density at radius 1 is 1.13 bits per heavy atom. The number of aromatic nitrogens is 4. The Morgan fingerprint density at radius 3 is 2.60 bits per heavy atom. The number of carbonyl (C=O) groups is 2. The van der Waals surface area contributed by atoms with Gasteiger partial charge >= 0.3 is 6.09 Å². The summed E-state index contributed by atoms with van der Waals surface area (Å²) in [4.78, 5) is 31.7. The van der Waals surface area contributed by atoms with Gasteiger partial charge < -0.3 is 26.0 Å². The molecule has 1 atom stereocenters. The first kappa shape index (κ1) is 20.6. The fourth-order valence-corrected chi connectivity index (χ4v) is 2.79. The van der Waals surface area contributed by atoms with Crippen molar-refractivity contribution in [3.05, 3.63) is 54.1 Å². The number of aromatic amines is 1. The first-order chi connectivity index (χ1) is 14.4. The second-order valence-electron chi connectivity index (χ2n) is 6.38. The summed E-state index contributed by atoms with van der Waals surface area (Å²) < 4.78 is 0. The molecule has 156 valence electrons.